The van der Waals surface area contributed by atoms with E-state index in [-0.39, 0.29) is 0 Å². The summed E-state index contributed by atoms with van der Waals surface area (Å²) in [6, 6.07) is 8.90. The molecule has 1 heteroatoms. The Hall–Kier alpha value is -1.08. The van der Waals surface area contributed by atoms with Gasteiger partial charge in [0.2, 0.25) is 0 Å². The van der Waals surface area contributed by atoms with Crippen LogP contribution >= 0.6 is 0 Å². The van der Waals surface area contributed by atoms with Crippen molar-refractivity contribution in [3.63, 3.8) is 0 Å². The third-order valence-electron chi connectivity index (χ3n) is 3.88. The largest absolute Gasteiger partial charge is 0.317 e. The molecule has 0 bridgehead atoms. The van der Waals surface area contributed by atoms with Crippen LogP contribution < -0.4 is 5.32 Å². The van der Waals surface area contributed by atoms with E-state index >= 15 is 0 Å². The summed E-state index contributed by atoms with van der Waals surface area (Å²) in [7, 11) is 0. The van der Waals surface area contributed by atoms with Crippen molar-refractivity contribution in [3.05, 3.63) is 41.5 Å². The second-order valence-electron chi connectivity index (χ2n) is 4.78. The summed E-state index contributed by atoms with van der Waals surface area (Å²) < 4.78 is 0. The maximum absolute atomic E-state index is 3.45. The molecule has 0 saturated carbocycles. The van der Waals surface area contributed by atoms with Gasteiger partial charge in [0.15, 0.2) is 0 Å². The summed E-state index contributed by atoms with van der Waals surface area (Å²) in [5, 5.41) is 3.45. The molecule has 1 aromatic rings. The van der Waals surface area contributed by atoms with E-state index in [4.69, 9.17) is 0 Å². The molecule has 15 heavy (non-hydrogen) atoms. The molecule has 78 valence electrons. The van der Waals surface area contributed by atoms with Gasteiger partial charge in [-0.05, 0) is 49.6 Å². The molecule has 0 radical (unpaired) electrons. The van der Waals surface area contributed by atoms with Crippen LogP contribution in [-0.4, -0.2) is 13.1 Å². The Balaban J connectivity index is 2.13. The lowest BCUT2D eigenvalue weighted by molar-refractivity contribution is 0.378. The van der Waals surface area contributed by atoms with Crippen molar-refractivity contribution in [1.29, 1.82) is 0 Å². The molecule has 0 atom stereocenters. The number of allylic oxidation sites excluding steroid dienone is 2. The first-order valence-corrected chi connectivity index (χ1v) is 5.82. The molecule has 1 aliphatic heterocycles. The van der Waals surface area contributed by atoms with Crippen LogP contribution in [0, 0.1) is 0 Å². The van der Waals surface area contributed by atoms with Gasteiger partial charge < -0.3 is 5.32 Å². The van der Waals surface area contributed by atoms with Crippen molar-refractivity contribution in [2.24, 2.45) is 0 Å². The average molecular weight is 199 g/mol. The molecular formula is C14H17N. The van der Waals surface area contributed by atoms with Gasteiger partial charge in [0, 0.05) is 5.41 Å². The summed E-state index contributed by atoms with van der Waals surface area (Å²) in [5.41, 5.74) is 4.85. The first-order chi connectivity index (χ1) is 7.32. The molecule has 1 spiro atoms. The number of benzene rings is 1. The Labute approximate surface area is 91.2 Å². The average Bonchev–Trinajstić information content (AvgIpc) is 2.55. The number of fused-ring (bicyclic) bond motifs is 2. The van der Waals surface area contributed by atoms with E-state index < -0.39 is 0 Å². The number of hydrogen-bond acceptors (Lipinski definition) is 1. The van der Waals surface area contributed by atoms with Crippen molar-refractivity contribution in [1.82, 2.24) is 5.32 Å². The fourth-order valence-electron chi connectivity index (χ4n) is 3.12. The van der Waals surface area contributed by atoms with Crippen molar-refractivity contribution < 1.29 is 0 Å². The summed E-state index contributed by atoms with van der Waals surface area (Å²) >= 11 is 0. The van der Waals surface area contributed by atoms with Gasteiger partial charge in [-0.3, -0.25) is 0 Å². The molecule has 1 saturated heterocycles. The summed E-state index contributed by atoms with van der Waals surface area (Å²) in [5.74, 6) is 0. The number of rotatable bonds is 0. The van der Waals surface area contributed by atoms with Crippen LogP contribution in [0.15, 0.2) is 30.3 Å². The SMILES string of the molecule is CC1=CC2(CCNCC2)c2ccccc21. The van der Waals surface area contributed by atoms with Gasteiger partial charge in [-0.15, -0.1) is 0 Å². The topological polar surface area (TPSA) is 12.0 Å². The van der Waals surface area contributed by atoms with Gasteiger partial charge in [0.1, 0.15) is 0 Å². The number of nitrogens with one attached hydrogen (secondary N) is 1. The predicted octanol–water partition coefficient (Wildman–Crippen LogP) is 2.72. The molecule has 2 aliphatic rings. The van der Waals surface area contributed by atoms with Gasteiger partial charge in [0.25, 0.3) is 0 Å². The highest BCUT2D eigenvalue weighted by atomic mass is 14.9. The molecule has 0 amide bonds. The monoisotopic (exact) mass is 199 g/mol. The Morgan fingerprint density at radius 1 is 1.13 bits per heavy atom. The molecule has 0 aromatic heterocycles. The van der Waals surface area contributed by atoms with E-state index in [1.165, 1.54) is 24.0 Å². The van der Waals surface area contributed by atoms with Crippen LogP contribution in [0.1, 0.15) is 30.9 Å². The smallest absolute Gasteiger partial charge is 0.0168 e. The van der Waals surface area contributed by atoms with E-state index in [1.54, 1.807) is 5.56 Å². The molecule has 1 aromatic carbocycles. The fourth-order valence-corrected chi connectivity index (χ4v) is 3.12. The van der Waals surface area contributed by atoms with Gasteiger partial charge >= 0.3 is 0 Å². The van der Waals surface area contributed by atoms with E-state index in [1.807, 2.05) is 0 Å². The van der Waals surface area contributed by atoms with E-state index in [9.17, 15) is 0 Å². The van der Waals surface area contributed by atoms with Crippen LogP contribution in [0.4, 0.5) is 0 Å². The molecule has 1 fully saturated rings. The van der Waals surface area contributed by atoms with Crippen LogP contribution in [0.5, 0.6) is 0 Å². The zero-order valence-corrected chi connectivity index (χ0v) is 9.22. The second-order valence-corrected chi connectivity index (χ2v) is 4.78. The van der Waals surface area contributed by atoms with Gasteiger partial charge in [-0.25, -0.2) is 0 Å². The number of hydrogen-bond donors (Lipinski definition) is 1. The maximum atomic E-state index is 3.45. The molecule has 1 heterocycles. The van der Waals surface area contributed by atoms with E-state index in [2.05, 4.69) is 42.6 Å². The van der Waals surface area contributed by atoms with Crippen molar-refractivity contribution >= 4 is 5.57 Å². The minimum Gasteiger partial charge on any atom is -0.317 e. The van der Waals surface area contributed by atoms with Gasteiger partial charge in [0.05, 0.1) is 0 Å². The van der Waals surface area contributed by atoms with Gasteiger partial charge in [-0.2, -0.15) is 0 Å². The van der Waals surface area contributed by atoms with Gasteiger partial charge in [-0.1, -0.05) is 30.3 Å². The molecule has 3 rings (SSSR count). The van der Waals surface area contributed by atoms with E-state index in [0.29, 0.717) is 5.41 Å². The third-order valence-corrected chi connectivity index (χ3v) is 3.88. The lowest BCUT2D eigenvalue weighted by Crippen LogP contribution is -2.37. The lowest BCUT2D eigenvalue weighted by Gasteiger charge is -2.33. The third kappa shape index (κ3) is 1.26. The van der Waals surface area contributed by atoms with Crippen LogP contribution in [-0.2, 0) is 5.41 Å². The Kier molecular flexibility index (Phi) is 1.96. The zero-order chi connectivity index (χ0) is 10.3. The predicted molar refractivity (Wildman–Crippen MR) is 63.9 cm³/mol. The van der Waals surface area contributed by atoms with E-state index in [0.717, 1.165) is 13.1 Å². The summed E-state index contributed by atoms with van der Waals surface area (Å²) in [6.45, 7) is 4.55. The van der Waals surface area contributed by atoms with Crippen LogP contribution in [0.3, 0.4) is 0 Å². The van der Waals surface area contributed by atoms with Crippen molar-refractivity contribution in [2.45, 2.75) is 25.2 Å². The standard InChI is InChI=1S/C14H17N/c1-11-10-14(6-8-15-9-7-14)13-5-3-2-4-12(11)13/h2-5,10,15H,6-9H2,1H3. The minimum atomic E-state index is 0.353. The van der Waals surface area contributed by atoms with Crippen LogP contribution in [0.25, 0.3) is 5.57 Å². The second kappa shape index (κ2) is 3.21. The Morgan fingerprint density at radius 3 is 2.67 bits per heavy atom. The quantitative estimate of drug-likeness (QED) is 0.677. The Bertz CT molecular complexity index is 411. The van der Waals surface area contributed by atoms with Crippen molar-refractivity contribution in [3.8, 4) is 0 Å². The molecule has 1 N–H and O–H groups in total. The highest BCUT2D eigenvalue weighted by Gasteiger charge is 2.37. The van der Waals surface area contributed by atoms with Crippen molar-refractivity contribution in [2.75, 3.05) is 13.1 Å². The minimum absolute atomic E-state index is 0.353. The summed E-state index contributed by atoms with van der Waals surface area (Å²) in [4.78, 5) is 0. The Morgan fingerprint density at radius 2 is 1.87 bits per heavy atom. The molecule has 0 unspecified atom stereocenters. The molecular weight excluding hydrogens is 182 g/mol. The highest BCUT2D eigenvalue weighted by molar-refractivity contribution is 5.75. The highest BCUT2D eigenvalue weighted by Crippen LogP contribution is 2.45. The fraction of sp³-hybridized carbons (Fsp3) is 0.429. The normalized spacial score (nSPS) is 22.6. The molecule has 1 aliphatic carbocycles. The first kappa shape index (κ1) is 9.17. The zero-order valence-electron chi connectivity index (χ0n) is 9.22. The maximum Gasteiger partial charge on any atom is 0.0168 e. The van der Waals surface area contributed by atoms with Crippen LogP contribution in [0.2, 0.25) is 0 Å². The molecule has 1 nitrogen and oxygen atoms in total. The first-order valence-electron chi connectivity index (χ1n) is 5.82. The number of piperidine rings is 1. The summed E-state index contributed by atoms with van der Waals surface area (Å²) in [6.07, 6.45) is 5.00. The lowest BCUT2D eigenvalue weighted by atomic mass is 9.75.